The third-order valence-corrected chi connectivity index (χ3v) is 2.88. The van der Waals surface area contributed by atoms with Crippen LogP contribution >= 0.6 is 0 Å². The van der Waals surface area contributed by atoms with Crippen LogP contribution in [0.15, 0.2) is 35.8 Å². The van der Waals surface area contributed by atoms with Gasteiger partial charge < -0.3 is 15.0 Å². The van der Waals surface area contributed by atoms with E-state index in [9.17, 15) is 4.79 Å². The molecule has 15 heavy (non-hydrogen) atoms. The first kappa shape index (κ1) is 8.73. The number of carbonyl (C=O) groups is 1. The van der Waals surface area contributed by atoms with Gasteiger partial charge in [-0.2, -0.15) is 0 Å². The average molecular weight is 204 g/mol. The van der Waals surface area contributed by atoms with E-state index in [1.165, 1.54) is 0 Å². The number of nitrogens with one attached hydrogen (secondary N) is 1. The highest BCUT2D eigenvalue weighted by atomic mass is 16.5. The summed E-state index contributed by atoms with van der Waals surface area (Å²) in [6.45, 7) is 2.11. The first-order valence-corrected chi connectivity index (χ1v) is 5.11. The van der Waals surface area contributed by atoms with Crippen molar-refractivity contribution < 1.29 is 9.53 Å². The molecule has 3 heterocycles. The zero-order valence-electron chi connectivity index (χ0n) is 8.27. The molecule has 0 aromatic carbocycles. The second-order valence-corrected chi connectivity index (χ2v) is 3.80. The maximum atomic E-state index is 12.1. The first-order chi connectivity index (χ1) is 7.36. The molecule has 1 N–H and O–H groups in total. The smallest absolute Gasteiger partial charge is 0.258 e. The minimum atomic E-state index is -0.127. The second-order valence-electron chi connectivity index (χ2n) is 3.80. The van der Waals surface area contributed by atoms with Crippen molar-refractivity contribution in [3.8, 4) is 0 Å². The summed E-state index contributed by atoms with van der Waals surface area (Å²) in [7, 11) is 0. The van der Waals surface area contributed by atoms with Crippen molar-refractivity contribution in [2.45, 2.75) is 6.10 Å². The molecule has 0 bridgehead atoms. The van der Waals surface area contributed by atoms with E-state index < -0.39 is 0 Å². The van der Waals surface area contributed by atoms with Gasteiger partial charge >= 0.3 is 0 Å². The molecule has 0 spiro atoms. The van der Waals surface area contributed by atoms with Crippen molar-refractivity contribution in [2.75, 3.05) is 19.6 Å². The van der Waals surface area contributed by atoms with Gasteiger partial charge in [-0.1, -0.05) is 12.2 Å². The van der Waals surface area contributed by atoms with Gasteiger partial charge in [-0.3, -0.25) is 4.79 Å². The van der Waals surface area contributed by atoms with Crippen LogP contribution in [-0.2, 0) is 9.53 Å². The Hall–Kier alpha value is -1.55. The van der Waals surface area contributed by atoms with E-state index in [0.29, 0.717) is 13.1 Å². The lowest BCUT2D eigenvalue weighted by molar-refractivity contribution is -0.125. The lowest BCUT2D eigenvalue weighted by Crippen LogP contribution is -2.39. The van der Waals surface area contributed by atoms with Gasteiger partial charge in [0.2, 0.25) is 0 Å². The lowest BCUT2D eigenvalue weighted by Gasteiger charge is -2.23. The van der Waals surface area contributed by atoms with Crippen LogP contribution in [0.2, 0.25) is 0 Å². The molecule has 0 saturated heterocycles. The van der Waals surface area contributed by atoms with Crippen molar-refractivity contribution in [3.63, 3.8) is 0 Å². The predicted molar refractivity (Wildman–Crippen MR) is 54.8 cm³/mol. The van der Waals surface area contributed by atoms with Gasteiger partial charge in [-0.15, -0.1) is 0 Å². The number of amides is 1. The fraction of sp³-hybridized carbons (Fsp3) is 0.364. The average Bonchev–Trinajstić information content (AvgIpc) is 2.69. The fourth-order valence-electron chi connectivity index (χ4n) is 2.07. The molecule has 0 aromatic rings. The summed E-state index contributed by atoms with van der Waals surface area (Å²) in [4.78, 5) is 13.9. The maximum Gasteiger partial charge on any atom is 0.258 e. The molecule has 3 aliphatic heterocycles. The van der Waals surface area contributed by atoms with Crippen LogP contribution in [0.1, 0.15) is 0 Å². The third kappa shape index (κ3) is 1.29. The molecule has 3 aliphatic rings. The molecular weight excluding hydrogens is 192 g/mol. The fourth-order valence-corrected chi connectivity index (χ4v) is 2.07. The predicted octanol–water partition coefficient (Wildman–Crippen LogP) is 0.155. The van der Waals surface area contributed by atoms with Crippen LogP contribution in [0.5, 0.6) is 0 Å². The molecule has 4 nitrogen and oxygen atoms in total. The molecule has 0 aromatic heterocycles. The van der Waals surface area contributed by atoms with Crippen molar-refractivity contribution in [1.82, 2.24) is 10.2 Å². The Bertz CT molecular complexity index is 395. The molecule has 0 fully saturated rings. The Kier molecular flexibility index (Phi) is 1.89. The van der Waals surface area contributed by atoms with Crippen molar-refractivity contribution in [3.05, 3.63) is 35.8 Å². The van der Waals surface area contributed by atoms with E-state index >= 15 is 0 Å². The largest absolute Gasteiger partial charge is 0.490 e. The minimum absolute atomic E-state index is 0.0789. The summed E-state index contributed by atoms with van der Waals surface area (Å²) in [5.41, 5.74) is 1.64. The van der Waals surface area contributed by atoms with Crippen molar-refractivity contribution in [1.29, 1.82) is 0 Å². The van der Waals surface area contributed by atoms with E-state index in [-0.39, 0.29) is 12.0 Å². The number of hydrogen-bond acceptors (Lipinski definition) is 3. The number of ether oxygens (including phenoxy) is 1. The molecule has 0 aliphatic carbocycles. The second kappa shape index (κ2) is 3.24. The molecule has 0 saturated carbocycles. The summed E-state index contributed by atoms with van der Waals surface area (Å²) >= 11 is 0. The van der Waals surface area contributed by atoms with Crippen LogP contribution in [0.3, 0.4) is 0 Å². The Morgan fingerprint density at radius 3 is 3.40 bits per heavy atom. The summed E-state index contributed by atoms with van der Waals surface area (Å²) in [6, 6.07) is 0. The van der Waals surface area contributed by atoms with Gasteiger partial charge in [0.05, 0.1) is 11.3 Å². The van der Waals surface area contributed by atoms with Crippen molar-refractivity contribution in [2.24, 2.45) is 0 Å². The molecule has 4 heteroatoms. The van der Waals surface area contributed by atoms with Crippen LogP contribution < -0.4 is 5.32 Å². The number of hydrogen-bond donors (Lipinski definition) is 1. The number of carbonyl (C=O) groups excluding carboxylic acids is 1. The van der Waals surface area contributed by atoms with Gasteiger partial charge in [0.25, 0.3) is 5.91 Å². The van der Waals surface area contributed by atoms with Gasteiger partial charge in [-0.05, 0) is 6.08 Å². The van der Waals surface area contributed by atoms with Crippen LogP contribution in [0.25, 0.3) is 0 Å². The van der Waals surface area contributed by atoms with Gasteiger partial charge in [-0.25, -0.2) is 0 Å². The summed E-state index contributed by atoms with van der Waals surface area (Å²) in [5, 5.41) is 3.18. The van der Waals surface area contributed by atoms with E-state index in [4.69, 9.17) is 4.74 Å². The van der Waals surface area contributed by atoms with Crippen LogP contribution in [0.4, 0.5) is 0 Å². The SMILES string of the molecule is O=C1C2=CCNC[C@@H]2OC=C2C=CCN12. The van der Waals surface area contributed by atoms with Gasteiger partial charge in [0.15, 0.2) is 0 Å². The topological polar surface area (TPSA) is 41.6 Å². The van der Waals surface area contributed by atoms with Gasteiger partial charge in [0.1, 0.15) is 12.4 Å². The standard InChI is InChI=1S/C11H12N2O2/c14-11-9-3-4-12-6-10(9)15-7-8-2-1-5-13(8)11/h1-3,7,10,12H,4-6H2/t10-/m0/s1. The number of fused-ring (bicyclic) bond motifs is 2. The van der Waals surface area contributed by atoms with E-state index in [1.54, 1.807) is 11.2 Å². The quantitative estimate of drug-likeness (QED) is 0.611. The van der Waals surface area contributed by atoms with E-state index in [0.717, 1.165) is 17.8 Å². The van der Waals surface area contributed by atoms with E-state index in [1.807, 2.05) is 18.2 Å². The van der Waals surface area contributed by atoms with Crippen molar-refractivity contribution >= 4 is 5.91 Å². The number of nitrogens with zero attached hydrogens (tertiary/aromatic N) is 1. The third-order valence-electron chi connectivity index (χ3n) is 2.88. The molecule has 0 unspecified atom stereocenters. The Balaban J connectivity index is 2.00. The maximum absolute atomic E-state index is 12.1. The monoisotopic (exact) mass is 204 g/mol. The molecule has 3 rings (SSSR count). The van der Waals surface area contributed by atoms with E-state index in [2.05, 4.69) is 5.32 Å². The summed E-state index contributed by atoms with van der Waals surface area (Å²) in [6.07, 6.45) is 7.36. The normalized spacial score (nSPS) is 28.7. The Labute approximate surface area is 87.9 Å². The minimum Gasteiger partial charge on any atom is -0.490 e. The highest BCUT2D eigenvalue weighted by molar-refractivity contribution is 5.97. The zero-order chi connectivity index (χ0) is 10.3. The van der Waals surface area contributed by atoms with Crippen LogP contribution in [-0.4, -0.2) is 36.5 Å². The summed E-state index contributed by atoms with van der Waals surface area (Å²) < 4.78 is 5.58. The number of rotatable bonds is 0. The molecule has 1 amide bonds. The number of allylic oxidation sites excluding steroid dienone is 1. The zero-order valence-corrected chi connectivity index (χ0v) is 8.27. The highest BCUT2D eigenvalue weighted by Crippen LogP contribution is 2.24. The Morgan fingerprint density at radius 2 is 2.47 bits per heavy atom. The van der Waals surface area contributed by atoms with Gasteiger partial charge in [0, 0.05) is 19.6 Å². The molecule has 1 atom stereocenters. The highest BCUT2D eigenvalue weighted by Gasteiger charge is 2.32. The Morgan fingerprint density at radius 1 is 1.53 bits per heavy atom. The summed E-state index contributed by atoms with van der Waals surface area (Å²) in [5.74, 6) is 0.0789. The first-order valence-electron chi connectivity index (χ1n) is 5.11. The molecule has 0 radical (unpaired) electrons. The lowest BCUT2D eigenvalue weighted by atomic mass is 10.1. The molecule has 78 valence electrons. The molecular formula is C11H12N2O2. The van der Waals surface area contributed by atoms with Crippen LogP contribution in [0, 0.1) is 0 Å².